The van der Waals surface area contributed by atoms with E-state index in [-0.39, 0.29) is 17.1 Å². The molecule has 2 amide bonds. The average molecular weight is 485 g/mol. The van der Waals surface area contributed by atoms with Crippen LogP contribution in [-0.2, 0) is 4.79 Å². The molecule has 1 atom stereocenters. The molecule has 0 spiro atoms. The lowest BCUT2D eigenvalue weighted by Crippen LogP contribution is -2.22. The highest BCUT2D eigenvalue weighted by molar-refractivity contribution is 9.10. The van der Waals surface area contributed by atoms with Crippen molar-refractivity contribution in [1.29, 1.82) is 0 Å². The fourth-order valence-electron chi connectivity index (χ4n) is 2.60. The van der Waals surface area contributed by atoms with Crippen molar-refractivity contribution in [2.75, 3.05) is 17.7 Å². The molecule has 0 aromatic heterocycles. The van der Waals surface area contributed by atoms with Gasteiger partial charge in [-0.3, -0.25) is 9.59 Å². The van der Waals surface area contributed by atoms with Crippen LogP contribution in [0.3, 0.4) is 0 Å². The molecule has 3 aromatic carbocycles. The Bertz CT molecular complexity index is 1010. The van der Waals surface area contributed by atoms with Crippen LogP contribution in [0, 0.1) is 0 Å². The SMILES string of the molecule is COc1ccc(C(=O)Nc2ccc(SC(C)C(=O)Nc3ccc(Br)cc3)cc2)cc1. The van der Waals surface area contributed by atoms with Crippen LogP contribution in [0.25, 0.3) is 0 Å². The number of amides is 2. The monoisotopic (exact) mass is 484 g/mol. The van der Waals surface area contributed by atoms with Crippen LogP contribution >= 0.6 is 27.7 Å². The van der Waals surface area contributed by atoms with Crippen molar-refractivity contribution >= 4 is 50.9 Å². The predicted octanol–water partition coefficient (Wildman–Crippen LogP) is 5.83. The highest BCUT2D eigenvalue weighted by Crippen LogP contribution is 2.26. The van der Waals surface area contributed by atoms with Gasteiger partial charge in [0.2, 0.25) is 5.91 Å². The summed E-state index contributed by atoms with van der Waals surface area (Å²) in [7, 11) is 1.58. The van der Waals surface area contributed by atoms with Crippen molar-refractivity contribution in [2.24, 2.45) is 0 Å². The summed E-state index contributed by atoms with van der Waals surface area (Å²) in [6, 6.07) is 21.8. The van der Waals surface area contributed by atoms with Gasteiger partial charge in [-0.2, -0.15) is 0 Å². The molecule has 0 aliphatic heterocycles. The maximum absolute atomic E-state index is 12.4. The van der Waals surface area contributed by atoms with Gasteiger partial charge in [0.25, 0.3) is 5.91 Å². The Morgan fingerprint density at radius 1 is 0.867 bits per heavy atom. The predicted molar refractivity (Wildman–Crippen MR) is 125 cm³/mol. The van der Waals surface area contributed by atoms with Crippen LogP contribution in [0.4, 0.5) is 11.4 Å². The molecule has 5 nitrogen and oxygen atoms in total. The smallest absolute Gasteiger partial charge is 0.255 e. The number of methoxy groups -OCH3 is 1. The lowest BCUT2D eigenvalue weighted by Gasteiger charge is -2.13. The zero-order valence-corrected chi connectivity index (χ0v) is 18.9. The first kappa shape index (κ1) is 21.9. The van der Waals surface area contributed by atoms with Gasteiger partial charge in [-0.1, -0.05) is 15.9 Å². The second-order valence-corrected chi connectivity index (χ2v) is 8.79. The third kappa shape index (κ3) is 6.11. The fraction of sp³-hybridized carbons (Fsp3) is 0.130. The summed E-state index contributed by atoms with van der Waals surface area (Å²) >= 11 is 4.83. The third-order valence-corrected chi connectivity index (χ3v) is 5.90. The quantitative estimate of drug-likeness (QED) is 0.414. The maximum Gasteiger partial charge on any atom is 0.255 e. The Morgan fingerprint density at radius 2 is 1.43 bits per heavy atom. The Balaban J connectivity index is 1.54. The number of anilines is 2. The first-order chi connectivity index (χ1) is 14.4. The highest BCUT2D eigenvalue weighted by atomic mass is 79.9. The highest BCUT2D eigenvalue weighted by Gasteiger charge is 2.15. The van der Waals surface area contributed by atoms with Gasteiger partial charge in [-0.15, -0.1) is 11.8 Å². The molecule has 0 heterocycles. The van der Waals surface area contributed by atoms with Gasteiger partial charge in [-0.25, -0.2) is 0 Å². The van der Waals surface area contributed by atoms with E-state index in [9.17, 15) is 9.59 Å². The minimum absolute atomic E-state index is 0.0702. The van der Waals surface area contributed by atoms with Gasteiger partial charge in [0, 0.05) is 26.3 Å². The summed E-state index contributed by atoms with van der Waals surface area (Å²) in [5, 5.41) is 5.50. The van der Waals surface area contributed by atoms with Crippen LogP contribution in [0.5, 0.6) is 5.75 Å². The molecule has 0 saturated heterocycles. The van der Waals surface area contributed by atoms with Crippen molar-refractivity contribution in [3.05, 3.63) is 82.8 Å². The molecule has 154 valence electrons. The molecule has 0 aliphatic rings. The molecule has 0 saturated carbocycles. The molecular formula is C23H21BrN2O3S. The van der Waals surface area contributed by atoms with E-state index in [4.69, 9.17) is 4.74 Å². The first-order valence-corrected chi connectivity index (χ1v) is 10.9. The molecular weight excluding hydrogens is 464 g/mol. The number of carbonyl (C=O) groups is 2. The van der Waals surface area contributed by atoms with Gasteiger partial charge in [-0.05, 0) is 79.7 Å². The molecule has 0 bridgehead atoms. The first-order valence-electron chi connectivity index (χ1n) is 9.23. The number of nitrogens with one attached hydrogen (secondary N) is 2. The normalized spacial score (nSPS) is 11.4. The summed E-state index contributed by atoms with van der Waals surface area (Å²) in [5.74, 6) is 0.436. The number of ether oxygens (including phenoxy) is 1. The zero-order valence-electron chi connectivity index (χ0n) is 16.5. The maximum atomic E-state index is 12.4. The number of benzene rings is 3. The van der Waals surface area contributed by atoms with Crippen molar-refractivity contribution in [2.45, 2.75) is 17.1 Å². The molecule has 0 radical (unpaired) electrons. The Hall–Kier alpha value is -2.77. The molecule has 3 rings (SSSR count). The van der Waals surface area contributed by atoms with E-state index in [1.807, 2.05) is 55.5 Å². The van der Waals surface area contributed by atoms with E-state index in [2.05, 4.69) is 26.6 Å². The fourth-order valence-corrected chi connectivity index (χ4v) is 3.73. The largest absolute Gasteiger partial charge is 0.497 e. The zero-order chi connectivity index (χ0) is 21.5. The van der Waals surface area contributed by atoms with Crippen molar-refractivity contribution in [3.63, 3.8) is 0 Å². The summed E-state index contributed by atoms with van der Waals surface area (Å²) in [6.45, 7) is 1.86. The van der Waals surface area contributed by atoms with Gasteiger partial charge >= 0.3 is 0 Å². The molecule has 1 unspecified atom stereocenters. The van der Waals surface area contributed by atoms with Crippen molar-refractivity contribution < 1.29 is 14.3 Å². The van der Waals surface area contributed by atoms with Gasteiger partial charge in [0.05, 0.1) is 12.4 Å². The van der Waals surface area contributed by atoms with Crippen LogP contribution in [0.1, 0.15) is 17.3 Å². The molecule has 30 heavy (non-hydrogen) atoms. The number of halogens is 1. The van der Waals surface area contributed by atoms with Gasteiger partial charge in [0.1, 0.15) is 5.75 Å². The average Bonchev–Trinajstić information content (AvgIpc) is 2.76. The van der Waals surface area contributed by atoms with E-state index in [1.165, 1.54) is 11.8 Å². The number of hydrogen-bond donors (Lipinski definition) is 2. The van der Waals surface area contributed by atoms with E-state index in [0.29, 0.717) is 17.0 Å². The third-order valence-electron chi connectivity index (χ3n) is 4.26. The van der Waals surface area contributed by atoms with Gasteiger partial charge in [0.15, 0.2) is 0 Å². The molecule has 7 heteroatoms. The van der Waals surface area contributed by atoms with E-state index >= 15 is 0 Å². The van der Waals surface area contributed by atoms with Crippen LogP contribution in [0.2, 0.25) is 0 Å². The van der Waals surface area contributed by atoms with Crippen molar-refractivity contribution in [1.82, 2.24) is 0 Å². The number of carbonyl (C=O) groups excluding carboxylic acids is 2. The molecule has 2 N–H and O–H groups in total. The van der Waals surface area contributed by atoms with E-state index in [0.717, 1.165) is 15.1 Å². The lowest BCUT2D eigenvalue weighted by molar-refractivity contribution is -0.115. The second kappa shape index (κ2) is 10.3. The summed E-state index contributed by atoms with van der Waals surface area (Å²) < 4.78 is 6.06. The van der Waals surface area contributed by atoms with E-state index in [1.54, 1.807) is 31.4 Å². The Morgan fingerprint density at radius 3 is 2.03 bits per heavy atom. The number of hydrogen-bond acceptors (Lipinski definition) is 4. The summed E-state index contributed by atoms with van der Waals surface area (Å²) in [6.07, 6.45) is 0. The minimum Gasteiger partial charge on any atom is -0.497 e. The van der Waals surface area contributed by atoms with Gasteiger partial charge < -0.3 is 15.4 Å². The Kier molecular flexibility index (Phi) is 7.54. The molecule has 0 aliphatic carbocycles. The lowest BCUT2D eigenvalue weighted by atomic mass is 10.2. The topological polar surface area (TPSA) is 67.4 Å². The van der Waals surface area contributed by atoms with E-state index < -0.39 is 0 Å². The van der Waals surface area contributed by atoms with Crippen LogP contribution < -0.4 is 15.4 Å². The summed E-state index contributed by atoms with van der Waals surface area (Å²) in [5.41, 5.74) is 1.99. The summed E-state index contributed by atoms with van der Waals surface area (Å²) in [4.78, 5) is 25.7. The van der Waals surface area contributed by atoms with Crippen LogP contribution in [-0.4, -0.2) is 24.2 Å². The number of thioether (sulfide) groups is 1. The van der Waals surface area contributed by atoms with Crippen molar-refractivity contribution in [3.8, 4) is 5.75 Å². The Labute approximate surface area is 188 Å². The van der Waals surface area contributed by atoms with Crippen LogP contribution in [0.15, 0.2) is 82.2 Å². The minimum atomic E-state index is -0.270. The number of rotatable bonds is 7. The molecule has 3 aromatic rings. The second-order valence-electron chi connectivity index (χ2n) is 6.46. The molecule has 0 fully saturated rings. The standard InChI is InChI=1S/C23H21BrN2O3S/c1-15(22(27)25-18-7-5-17(24)6-8-18)30-21-13-9-19(10-14-21)26-23(28)16-3-11-20(29-2)12-4-16/h3-15H,1-2H3,(H,25,27)(H,26,28).